The topological polar surface area (TPSA) is 162 Å². The van der Waals surface area contributed by atoms with Gasteiger partial charge in [0.15, 0.2) is 5.69 Å². The number of hydrogen-bond acceptors (Lipinski definition) is 8. The molecule has 0 saturated carbocycles. The molecule has 0 aliphatic carbocycles. The number of azo groups is 2. The number of halogens is 2. The Labute approximate surface area is 200 Å². The first-order chi connectivity index (χ1) is 16.2. The van der Waals surface area contributed by atoms with Crippen molar-refractivity contribution in [1.29, 1.82) is 0 Å². The van der Waals surface area contributed by atoms with Gasteiger partial charge in [0.05, 0.1) is 21.4 Å². The van der Waals surface area contributed by atoms with Crippen molar-refractivity contribution >= 4 is 58.1 Å². The summed E-state index contributed by atoms with van der Waals surface area (Å²) in [6.45, 7) is 1.68. The van der Waals surface area contributed by atoms with Gasteiger partial charge < -0.3 is 0 Å². The summed E-state index contributed by atoms with van der Waals surface area (Å²) in [4.78, 5) is 47.3. The van der Waals surface area contributed by atoms with Gasteiger partial charge in [0.1, 0.15) is 11.4 Å². The molecule has 1 aliphatic heterocycles. The summed E-state index contributed by atoms with van der Waals surface area (Å²) in [5, 5.41) is 22.3. The largest absolute Gasteiger partial charge is 0.328 e. The highest BCUT2D eigenvalue weighted by Gasteiger charge is 2.34. The fourth-order valence-corrected chi connectivity index (χ4v) is 3.32. The Morgan fingerprint density at radius 2 is 1.44 bits per heavy atom. The highest BCUT2D eigenvalue weighted by atomic mass is 35.5. The van der Waals surface area contributed by atoms with Crippen LogP contribution in [0.25, 0.3) is 5.69 Å². The minimum atomic E-state index is -1.56. The molecule has 4 rings (SSSR count). The van der Waals surface area contributed by atoms with Crippen molar-refractivity contribution in [2.24, 2.45) is 20.5 Å². The Morgan fingerprint density at radius 3 is 2.06 bits per heavy atom. The van der Waals surface area contributed by atoms with Gasteiger partial charge >= 0.3 is 6.03 Å². The van der Waals surface area contributed by atoms with Crippen molar-refractivity contribution < 1.29 is 14.4 Å². The molecule has 0 atom stereocenters. The number of barbiturate groups is 1. The van der Waals surface area contributed by atoms with Gasteiger partial charge in [-0.15, -0.1) is 10.2 Å². The van der Waals surface area contributed by atoms with E-state index < -0.39 is 29.4 Å². The number of imide groups is 2. The number of urea groups is 1. The molecule has 0 spiro atoms. The molecule has 1 fully saturated rings. The molecular weight excluding hydrogens is 487 g/mol. The lowest BCUT2D eigenvalue weighted by Crippen LogP contribution is -2.57. The zero-order valence-corrected chi connectivity index (χ0v) is 18.8. The van der Waals surface area contributed by atoms with Crippen molar-refractivity contribution in [1.82, 2.24) is 20.4 Å². The quantitative estimate of drug-likeness (QED) is 0.356. The van der Waals surface area contributed by atoms with E-state index in [2.05, 4.69) is 25.6 Å². The number of nitrogens with zero attached hydrogens (tertiary/aromatic N) is 5. The number of rotatable bonds is 5. The van der Waals surface area contributed by atoms with E-state index in [4.69, 9.17) is 23.2 Å². The van der Waals surface area contributed by atoms with Crippen LogP contribution >= 0.6 is 23.2 Å². The van der Waals surface area contributed by atoms with Gasteiger partial charge in [0.25, 0.3) is 17.4 Å². The van der Waals surface area contributed by atoms with Gasteiger partial charge in [-0.25, -0.2) is 9.48 Å². The van der Waals surface area contributed by atoms with Crippen LogP contribution < -0.4 is 16.2 Å². The average Bonchev–Trinajstić information content (AvgIpc) is 3.08. The summed E-state index contributed by atoms with van der Waals surface area (Å²) in [7, 11) is 0. The summed E-state index contributed by atoms with van der Waals surface area (Å²) in [5.41, 5.74) is 1.01. The molecular formula is C20H14Cl2N8O4. The fourth-order valence-electron chi connectivity index (χ4n) is 2.93. The first-order valence-electron chi connectivity index (χ1n) is 9.59. The zero-order chi connectivity index (χ0) is 24.4. The lowest BCUT2D eigenvalue weighted by molar-refractivity contribution is -0.131. The lowest BCUT2D eigenvalue weighted by atomic mass is 10.2. The van der Waals surface area contributed by atoms with E-state index in [1.54, 1.807) is 31.2 Å². The second kappa shape index (κ2) is 9.37. The van der Waals surface area contributed by atoms with Crippen molar-refractivity contribution in [2.75, 3.05) is 0 Å². The molecule has 0 unspecified atom stereocenters. The SMILES string of the molecule is Cc1[nH]n(-c2ccccc2)c(=O)c1N=Nc1cc(Cl)c(N=NC2C(=O)NC(=O)NC2=O)cc1Cl. The second-order valence-corrected chi connectivity index (χ2v) is 7.76. The standard InChI is InChI=1S/C20H14Cl2N8O4/c1-9-15(19(33)30(29-9)10-5-3-2-4-6-10)27-25-13-7-12(22)14(8-11(13)21)26-28-16-17(31)23-20(34)24-18(16)32/h2-8,16,29H,1H3,(H2,23,24,31,32,34). The van der Waals surface area contributed by atoms with Crippen LogP contribution in [-0.2, 0) is 9.59 Å². The maximum atomic E-state index is 12.7. The van der Waals surface area contributed by atoms with E-state index in [-0.39, 0.29) is 27.1 Å². The van der Waals surface area contributed by atoms with Gasteiger partial charge in [-0.3, -0.25) is 30.1 Å². The van der Waals surface area contributed by atoms with Gasteiger partial charge in [0.2, 0.25) is 6.04 Å². The van der Waals surface area contributed by atoms with Crippen LogP contribution in [0, 0.1) is 6.92 Å². The van der Waals surface area contributed by atoms with E-state index in [0.29, 0.717) is 11.4 Å². The molecule has 3 aromatic rings. The number of aryl methyl sites for hydroxylation is 1. The van der Waals surface area contributed by atoms with Crippen molar-refractivity contribution in [3.05, 3.63) is 68.6 Å². The number of carbonyl (C=O) groups is 3. The molecule has 14 heteroatoms. The molecule has 3 N–H and O–H groups in total. The van der Waals surface area contributed by atoms with Crippen LogP contribution in [0.5, 0.6) is 0 Å². The van der Waals surface area contributed by atoms with E-state index in [9.17, 15) is 19.2 Å². The second-order valence-electron chi connectivity index (χ2n) is 6.94. The lowest BCUT2D eigenvalue weighted by Gasteiger charge is -2.16. The van der Waals surface area contributed by atoms with Crippen molar-refractivity contribution in [3.8, 4) is 5.69 Å². The minimum Gasteiger partial charge on any atom is -0.293 e. The smallest absolute Gasteiger partial charge is 0.293 e. The fraction of sp³-hybridized carbons (Fsp3) is 0.100. The third-order valence-corrected chi connectivity index (χ3v) is 5.19. The molecule has 4 amide bonds. The molecule has 1 aliphatic rings. The number of hydrogen-bond donors (Lipinski definition) is 3. The number of amides is 4. The highest BCUT2D eigenvalue weighted by molar-refractivity contribution is 6.36. The Bertz CT molecular complexity index is 1410. The van der Waals surface area contributed by atoms with Crippen LogP contribution in [0.1, 0.15) is 5.69 Å². The Hall–Kier alpha value is -4.16. The number of H-pyrrole nitrogens is 1. The molecule has 12 nitrogen and oxygen atoms in total. The molecule has 0 bridgehead atoms. The van der Waals surface area contributed by atoms with Gasteiger partial charge in [-0.05, 0) is 31.2 Å². The van der Waals surface area contributed by atoms with Crippen LogP contribution in [0.3, 0.4) is 0 Å². The maximum Gasteiger partial charge on any atom is 0.328 e. The molecule has 2 heterocycles. The molecule has 34 heavy (non-hydrogen) atoms. The van der Waals surface area contributed by atoms with Crippen LogP contribution in [0.15, 0.2) is 67.7 Å². The van der Waals surface area contributed by atoms with E-state index >= 15 is 0 Å². The summed E-state index contributed by atoms with van der Waals surface area (Å²) in [5.74, 6) is -1.85. The molecule has 2 aromatic carbocycles. The normalized spacial score (nSPS) is 14.7. The Kier molecular flexibility index (Phi) is 6.34. The Morgan fingerprint density at radius 1 is 0.853 bits per heavy atom. The monoisotopic (exact) mass is 500 g/mol. The third kappa shape index (κ3) is 4.63. The summed E-state index contributed by atoms with van der Waals surface area (Å²) >= 11 is 12.4. The van der Waals surface area contributed by atoms with Crippen LogP contribution in [0.2, 0.25) is 10.0 Å². The van der Waals surface area contributed by atoms with Crippen molar-refractivity contribution in [3.63, 3.8) is 0 Å². The summed E-state index contributed by atoms with van der Waals surface area (Å²) in [6, 6.07) is 9.10. The number of carbonyl (C=O) groups excluding carboxylic acids is 3. The molecule has 1 aromatic heterocycles. The summed E-state index contributed by atoms with van der Waals surface area (Å²) < 4.78 is 1.34. The Balaban J connectivity index is 1.58. The number of aromatic nitrogens is 2. The predicted molar refractivity (Wildman–Crippen MR) is 122 cm³/mol. The van der Waals surface area contributed by atoms with Crippen LogP contribution in [0.4, 0.5) is 21.9 Å². The number of para-hydroxylation sites is 1. The van der Waals surface area contributed by atoms with E-state index in [1.165, 1.54) is 16.8 Å². The summed E-state index contributed by atoms with van der Waals surface area (Å²) in [6.07, 6.45) is 0. The van der Waals surface area contributed by atoms with E-state index in [1.807, 2.05) is 16.7 Å². The third-order valence-electron chi connectivity index (χ3n) is 4.58. The number of aromatic amines is 1. The first-order valence-corrected chi connectivity index (χ1v) is 10.3. The first kappa shape index (κ1) is 23.0. The molecule has 0 radical (unpaired) electrons. The van der Waals surface area contributed by atoms with Gasteiger partial charge in [-0.1, -0.05) is 41.4 Å². The van der Waals surface area contributed by atoms with Crippen LogP contribution in [-0.4, -0.2) is 33.7 Å². The number of nitrogens with one attached hydrogen (secondary N) is 3. The molecule has 1 saturated heterocycles. The molecule has 172 valence electrons. The van der Waals surface area contributed by atoms with Gasteiger partial charge in [0, 0.05) is 0 Å². The van der Waals surface area contributed by atoms with Crippen molar-refractivity contribution in [2.45, 2.75) is 13.0 Å². The zero-order valence-electron chi connectivity index (χ0n) is 17.2. The predicted octanol–water partition coefficient (Wildman–Crippen LogP) is 4.01. The average molecular weight is 501 g/mol. The van der Waals surface area contributed by atoms with Gasteiger partial charge in [-0.2, -0.15) is 10.2 Å². The number of benzene rings is 2. The van der Waals surface area contributed by atoms with E-state index in [0.717, 1.165) is 0 Å². The highest BCUT2D eigenvalue weighted by Crippen LogP contribution is 2.37. The maximum absolute atomic E-state index is 12.7. The minimum absolute atomic E-state index is 0.0438.